The van der Waals surface area contributed by atoms with Crippen LogP contribution in [0.4, 0.5) is 0 Å². The first-order valence-corrected chi connectivity index (χ1v) is 12.4. The second-order valence-corrected chi connectivity index (χ2v) is 10.3. The van der Waals surface area contributed by atoms with Crippen molar-refractivity contribution >= 4 is 22.0 Å². The molecule has 1 fully saturated rings. The summed E-state index contributed by atoms with van der Waals surface area (Å²) in [6, 6.07) is 12.7. The SMILES string of the molecule is Cc1ccc(S(=O)(=O)N2CCN(C(=O)C=Cc3cc(C)n(Cc4ccco4)c3C)CC2)cc1. The molecule has 1 aromatic carbocycles. The summed E-state index contributed by atoms with van der Waals surface area (Å²) in [6.45, 7) is 7.92. The number of aromatic nitrogens is 1. The molecule has 1 aliphatic heterocycles. The lowest BCUT2D eigenvalue weighted by atomic mass is 10.2. The van der Waals surface area contributed by atoms with E-state index in [2.05, 4.69) is 4.57 Å². The zero-order valence-electron chi connectivity index (χ0n) is 19.2. The van der Waals surface area contributed by atoms with Crippen LogP contribution >= 0.6 is 0 Å². The molecule has 174 valence electrons. The van der Waals surface area contributed by atoms with Crippen molar-refractivity contribution in [3.8, 4) is 0 Å². The first-order chi connectivity index (χ1) is 15.8. The Kier molecular flexibility index (Phi) is 6.58. The highest BCUT2D eigenvalue weighted by molar-refractivity contribution is 7.89. The molecule has 0 atom stereocenters. The lowest BCUT2D eigenvalue weighted by molar-refractivity contribution is -0.127. The van der Waals surface area contributed by atoms with Crippen LogP contribution in [0.25, 0.3) is 6.08 Å². The maximum atomic E-state index is 12.9. The highest BCUT2D eigenvalue weighted by atomic mass is 32.2. The predicted octanol–water partition coefficient (Wildman–Crippen LogP) is 3.60. The van der Waals surface area contributed by atoms with E-state index in [1.807, 2.05) is 45.0 Å². The zero-order chi connectivity index (χ0) is 23.6. The summed E-state index contributed by atoms with van der Waals surface area (Å²) >= 11 is 0. The third kappa shape index (κ3) is 4.96. The van der Waals surface area contributed by atoms with Crippen LogP contribution in [0.1, 0.15) is 28.3 Å². The van der Waals surface area contributed by atoms with Crippen LogP contribution in [-0.2, 0) is 21.4 Å². The number of carbonyl (C=O) groups is 1. The molecular formula is C25H29N3O4S. The van der Waals surface area contributed by atoms with Gasteiger partial charge in [-0.25, -0.2) is 8.42 Å². The molecule has 0 N–H and O–H groups in total. The summed E-state index contributed by atoms with van der Waals surface area (Å²) in [5, 5.41) is 0. The molecule has 0 saturated carbocycles. The number of piperazine rings is 1. The van der Waals surface area contributed by atoms with Gasteiger partial charge in [0.15, 0.2) is 0 Å². The fourth-order valence-corrected chi connectivity index (χ4v) is 5.49. The van der Waals surface area contributed by atoms with Gasteiger partial charge in [-0.2, -0.15) is 4.31 Å². The van der Waals surface area contributed by atoms with Gasteiger partial charge in [0, 0.05) is 43.6 Å². The first kappa shape index (κ1) is 23.1. The summed E-state index contributed by atoms with van der Waals surface area (Å²) in [7, 11) is -3.55. The Morgan fingerprint density at radius 1 is 1.03 bits per heavy atom. The van der Waals surface area contributed by atoms with Crippen molar-refractivity contribution in [1.29, 1.82) is 0 Å². The van der Waals surface area contributed by atoms with Crippen molar-refractivity contribution in [3.63, 3.8) is 0 Å². The van der Waals surface area contributed by atoms with Crippen molar-refractivity contribution in [3.05, 3.63) is 83.1 Å². The van der Waals surface area contributed by atoms with Crippen molar-refractivity contribution in [2.45, 2.75) is 32.2 Å². The van der Waals surface area contributed by atoms with E-state index in [9.17, 15) is 13.2 Å². The number of nitrogens with zero attached hydrogens (tertiary/aromatic N) is 3. The average molecular weight is 468 g/mol. The molecule has 7 nitrogen and oxygen atoms in total. The topological polar surface area (TPSA) is 75.8 Å². The van der Waals surface area contributed by atoms with Gasteiger partial charge in [0.25, 0.3) is 0 Å². The lowest BCUT2D eigenvalue weighted by Gasteiger charge is -2.33. The molecule has 1 saturated heterocycles. The van der Waals surface area contributed by atoms with Gasteiger partial charge in [-0.1, -0.05) is 17.7 Å². The highest BCUT2D eigenvalue weighted by Crippen LogP contribution is 2.20. The number of hydrogen-bond acceptors (Lipinski definition) is 4. The molecule has 0 bridgehead atoms. The highest BCUT2D eigenvalue weighted by Gasteiger charge is 2.29. The van der Waals surface area contributed by atoms with E-state index in [4.69, 9.17) is 4.42 Å². The van der Waals surface area contributed by atoms with Gasteiger partial charge in [-0.3, -0.25) is 4.79 Å². The molecule has 33 heavy (non-hydrogen) atoms. The third-order valence-electron chi connectivity index (χ3n) is 6.12. The quantitative estimate of drug-likeness (QED) is 0.519. The van der Waals surface area contributed by atoms with Crippen molar-refractivity contribution in [2.75, 3.05) is 26.2 Å². The number of rotatable bonds is 6. The van der Waals surface area contributed by atoms with Crippen LogP contribution in [0, 0.1) is 20.8 Å². The van der Waals surface area contributed by atoms with Gasteiger partial charge in [0.2, 0.25) is 15.9 Å². The van der Waals surface area contributed by atoms with E-state index >= 15 is 0 Å². The molecule has 3 heterocycles. The zero-order valence-corrected chi connectivity index (χ0v) is 20.0. The molecule has 0 aliphatic carbocycles. The molecule has 3 aromatic rings. The predicted molar refractivity (Wildman–Crippen MR) is 127 cm³/mol. The van der Waals surface area contributed by atoms with Gasteiger partial charge in [-0.15, -0.1) is 0 Å². The van der Waals surface area contributed by atoms with Gasteiger partial charge in [-0.05, 0) is 62.7 Å². The summed E-state index contributed by atoms with van der Waals surface area (Å²) in [6.07, 6.45) is 5.07. The molecule has 0 radical (unpaired) electrons. The lowest BCUT2D eigenvalue weighted by Crippen LogP contribution is -2.50. The minimum absolute atomic E-state index is 0.113. The number of aryl methyl sites for hydroxylation is 2. The van der Waals surface area contributed by atoms with Crippen molar-refractivity contribution < 1.29 is 17.6 Å². The Labute approximate surface area is 195 Å². The van der Waals surface area contributed by atoms with E-state index in [0.29, 0.717) is 19.6 Å². The molecule has 1 aliphatic rings. The molecule has 0 unspecified atom stereocenters. The third-order valence-corrected chi connectivity index (χ3v) is 8.03. The standard InChI is InChI=1S/C25H29N3O4S/c1-19-6-9-24(10-7-19)33(30,31)27-14-12-26(13-15-27)25(29)11-8-22-17-20(2)28(21(22)3)18-23-5-4-16-32-23/h4-11,16-17H,12-15,18H2,1-3H3. The van der Waals surface area contributed by atoms with E-state index < -0.39 is 10.0 Å². The smallest absolute Gasteiger partial charge is 0.246 e. The summed E-state index contributed by atoms with van der Waals surface area (Å²) in [5.74, 6) is 0.764. The Bertz CT molecular complexity index is 1250. The molecule has 0 spiro atoms. The van der Waals surface area contributed by atoms with Crippen LogP contribution in [-0.4, -0.2) is 54.3 Å². The maximum absolute atomic E-state index is 12.9. The number of amides is 1. The van der Waals surface area contributed by atoms with Gasteiger partial charge in [0.1, 0.15) is 5.76 Å². The fraction of sp³-hybridized carbons (Fsp3) is 0.320. The van der Waals surface area contributed by atoms with Crippen molar-refractivity contribution in [1.82, 2.24) is 13.8 Å². The van der Waals surface area contributed by atoms with Crippen LogP contribution in [0.15, 0.2) is 64.1 Å². The molecular weight excluding hydrogens is 438 g/mol. The van der Waals surface area contributed by atoms with E-state index in [1.165, 1.54) is 4.31 Å². The molecule has 1 amide bonds. The second kappa shape index (κ2) is 9.41. The number of benzene rings is 1. The maximum Gasteiger partial charge on any atom is 0.246 e. The number of carbonyl (C=O) groups excluding carboxylic acids is 1. The second-order valence-electron chi connectivity index (χ2n) is 8.37. The van der Waals surface area contributed by atoms with Crippen LogP contribution < -0.4 is 0 Å². The number of sulfonamides is 1. The number of hydrogen-bond donors (Lipinski definition) is 0. The summed E-state index contributed by atoms with van der Waals surface area (Å²) in [5.41, 5.74) is 4.14. The van der Waals surface area contributed by atoms with Gasteiger partial charge < -0.3 is 13.9 Å². The molecule has 4 rings (SSSR count). The summed E-state index contributed by atoms with van der Waals surface area (Å²) in [4.78, 5) is 14.7. The van der Waals surface area contributed by atoms with Gasteiger partial charge >= 0.3 is 0 Å². The van der Waals surface area contributed by atoms with Crippen LogP contribution in [0.5, 0.6) is 0 Å². The van der Waals surface area contributed by atoms with Gasteiger partial charge in [0.05, 0.1) is 17.7 Å². The Morgan fingerprint density at radius 3 is 2.36 bits per heavy atom. The Balaban J connectivity index is 1.38. The fourth-order valence-electron chi connectivity index (χ4n) is 4.07. The van der Waals surface area contributed by atoms with Crippen LogP contribution in [0.3, 0.4) is 0 Å². The number of furan rings is 1. The minimum atomic E-state index is -3.55. The Hall–Kier alpha value is -3.10. The largest absolute Gasteiger partial charge is 0.467 e. The van der Waals surface area contributed by atoms with E-state index in [1.54, 1.807) is 41.5 Å². The first-order valence-electron chi connectivity index (χ1n) is 11.0. The average Bonchev–Trinajstić information content (AvgIpc) is 3.41. The molecule has 8 heteroatoms. The molecule has 2 aromatic heterocycles. The monoisotopic (exact) mass is 467 g/mol. The summed E-state index contributed by atoms with van der Waals surface area (Å²) < 4.78 is 34.8. The normalized spacial score (nSPS) is 15.4. The Morgan fingerprint density at radius 2 is 1.73 bits per heavy atom. The van der Waals surface area contributed by atoms with Crippen molar-refractivity contribution in [2.24, 2.45) is 0 Å². The minimum Gasteiger partial charge on any atom is -0.467 e. The van der Waals surface area contributed by atoms with Crippen LogP contribution in [0.2, 0.25) is 0 Å². The van der Waals surface area contributed by atoms with E-state index in [-0.39, 0.29) is 23.9 Å². The van der Waals surface area contributed by atoms with E-state index in [0.717, 1.165) is 28.3 Å².